The zero-order chi connectivity index (χ0) is 31.6. The van der Waals surface area contributed by atoms with Crippen molar-refractivity contribution in [3.05, 3.63) is 108 Å². The summed E-state index contributed by atoms with van der Waals surface area (Å²) in [5, 5.41) is 26.3. The summed E-state index contributed by atoms with van der Waals surface area (Å²) in [7, 11) is 0. The number of aliphatic imine (C=N–C) groups is 2. The van der Waals surface area contributed by atoms with E-state index in [-0.39, 0.29) is 11.5 Å². The lowest BCUT2D eigenvalue weighted by Crippen LogP contribution is -1.97. The number of nitrogens with zero attached hydrogens (tertiary/aromatic N) is 4. The van der Waals surface area contributed by atoms with Crippen LogP contribution >= 0.6 is 0 Å². The van der Waals surface area contributed by atoms with E-state index in [0.29, 0.717) is 22.5 Å². The average Bonchev–Trinajstić information content (AvgIpc) is 3.58. The van der Waals surface area contributed by atoms with Crippen LogP contribution in [0.25, 0.3) is 43.6 Å². The van der Waals surface area contributed by atoms with Crippen LogP contribution in [0.15, 0.2) is 107 Å². The minimum Gasteiger partial charge on any atom is -0.507 e. The molecule has 0 bridgehead atoms. The van der Waals surface area contributed by atoms with Gasteiger partial charge in [-0.25, -0.2) is 0 Å². The summed E-state index contributed by atoms with van der Waals surface area (Å²) in [4.78, 5) is 9.75. The molecule has 0 amide bonds. The van der Waals surface area contributed by atoms with Gasteiger partial charge in [0.2, 0.25) is 0 Å². The first kappa shape index (κ1) is 29.4. The highest BCUT2D eigenvalue weighted by molar-refractivity contribution is 6.18. The zero-order valence-electron chi connectivity index (χ0n) is 26.3. The fourth-order valence-electron chi connectivity index (χ4n) is 6.64. The lowest BCUT2D eigenvalue weighted by molar-refractivity contribution is 0.475. The van der Waals surface area contributed by atoms with Crippen LogP contribution in [0.1, 0.15) is 50.7 Å². The highest BCUT2D eigenvalue weighted by atomic mass is 16.3. The van der Waals surface area contributed by atoms with E-state index >= 15 is 0 Å². The number of phenolic OH excluding ortho intramolecular Hbond substituents is 2. The van der Waals surface area contributed by atoms with Crippen molar-refractivity contribution in [3.8, 4) is 11.5 Å². The van der Waals surface area contributed by atoms with E-state index in [9.17, 15) is 10.2 Å². The summed E-state index contributed by atoms with van der Waals surface area (Å²) < 4.78 is 4.69. The number of rotatable bonds is 10. The summed E-state index contributed by atoms with van der Waals surface area (Å²) >= 11 is 0. The van der Waals surface area contributed by atoms with Crippen molar-refractivity contribution in [2.24, 2.45) is 9.98 Å². The number of hydrogen-bond acceptors (Lipinski definition) is 4. The molecule has 230 valence electrons. The quantitative estimate of drug-likeness (QED) is 0.152. The summed E-state index contributed by atoms with van der Waals surface area (Å²) in [5.74, 6) is 0.374. The molecule has 7 rings (SSSR count). The number of aromatic nitrogens is 2. The molecule has 5 aromatic carbocycles. The number of fused-ring (bicyclic) bond motifs is 6. The summed E-state index contributed by atoms with van der Waals surface area (Å²) in [6.45, 7) is 6.23. The Balaban J connectivity index is 1.32. The number of unbranched alkanes of at least 4 members (excludes halogenated alkanes) is 2. The predicted octanol–water partition coefficient (Wildman–Crippen LogP) is 10.4. The number of aromatic hydroxyl groups is 2. The van der Waals surface area contributed by atoms with Crippen LogP contribution < -0.4 is 0 Å². The maximum Gasteiger partial charge on any atom is 0.125 e. The van der Waals surface area contributed by atoms with Gasteiger partial charge in [-0.2, -0.15) is 0 Å². The first-order chi connectivity index (χ1) is 22.6. The number of phenols is 2. The molecule has 0 spiro atoms. The molecular formula is C40H38N4O2. The average molecular weight is 607 g/mol. The molecule has 0 saturated heterocycles. The van der Waals surface area contributed by atoms with Crippen molar-refractivity contribution >= 4 is 67.4 Å². The number of para-hydroxylation sites is 4. The van der Waals surface area contributed by atoms with E-state index in [2.05, 4.69) is 59.4 Å². The minimum absolute atomic E-state index is 0.187. The van der Waals surface area contributed by atoms with Crippen LogP contribution in [0.3, 0.4) is 0 Å². The van der Waals surface area contributed by atoms with Gasteiger partial charge in [-0.15, -0.1) is 0 Å². The molecule has 0 unspecified atom stereocenters. The molecule has 6 heteroatoms. The number of benzene rings is 5. The maximum atomic E-state index is 11.1. The topological polar surface area (TPSA) is 75.0 Å². The van der Waals surface area contributed by atoms with Crippen molar-refractivity contribution in [1.82, 2.24) is 9.13 Å². The fourth-order valence-corrected chi connectivity index (χ4v) is 6.64. The van der Waals surface area contributed by atoms with Gasteiger partial charge in [0.15, 0.2) is 0 Å². The first-order valence-electron chi connectivity index (χ1n) is 16.2. The van der Waals surface area contributed by atoms with Gasteiger partial charge in [-0.05, 0) is 61.4 Å². The lowest BCUT2D eigenvalue weighted by Gasteiger charge is -2.08. The zero-order valence-corrected chi connectivity index (χ0v) is 26.3. The van der Waals surface area contributed by atoms with Crippen LogP contribution in [0.5, 0.6) is 11.5 Å². The normalized spacial score (nSPS) is 12.2. The van der Waals surface area contributed by atoms with Crippen molar-refractivity contribution in [2.75, 3.05) is 0 Å². The molecule has 46 heavy (non-hydrogen) atoms. The van der Waals surface area contributed by atoms with Crippen molar-refractivity contribution in [3.63, 3.8) is 0 Å². The monoisotopic (exact) mass is 606 g/mol. The SMILES string of the molecule is CCCCn1c2ccccc2c2c(C=Nc3ccccc3N=Cc3c(O)ccc4c3c3ccccc3n4CCCC)c(O)ccc21. The second-order valence-electron chi connectivity index (χ2n) is 11.8. The second kappa shape index (κ2) is 12.6. The maximum absolute atomic E-state index is 11.1. The Hall–Kier alpha value is -5.36. The summed E-state index contributed by atoms with van der Waals surface area (Å²) in [6.07, 6.45) is 7.86. The van der Waals surface area contributed by atoms with Crippen molar-refractivity contribution in [2.45, 2.75) is 52.6 Å². The third-order valence-electron chi connectivity index (χ3n) is 8.93. The Morgan fingerprint density at radius 3 is 1.37 bits per heavy atom. The molecule has 2 aromatic heterocycles. The Bertz CT molecular complexity index is 2110. The Morgan fingerprint density at radius 1 is 0.522 bits per heavy atom. The smallest absolute Gasteiger partial charge is 0.125 e. The molecule has 2 heterocycles. The minimum atomic E-state index is 0.187. The van der Waals surface area contributed by atoms with Crippen LogP contribution in [0.4, 0.5) is 11.4 Å². The Morgan fingerprint density at radius 2 is 0.935 bits per heavy atom. The van der Waals surface area contributed by atoms with Gasteiger partial charge in [0.05, 0.1) is 22.4 Å². The Labute approximate surface area is 268 Å². The molecule has 6 nitrogen and oxygen atoms in total. The van der Waals surface area contributed by atoms with Gasteiger partial charge in [0, 0.05) is 69.2 Å². The third kappa shape index (κ3) is 5.10. The molecule has 0 aliphatic heterocycles. The van der Waals surface area contributed by atoms with Gasteiger partial charge in [-0.1, -0.05) is 75.2 Å². The molecule has 0 saturated carbocycles. The van der Waals surface area contributed by atoms with Gasteiger partial charge < -0.3 is 19.3 Å². The second-order valence-corrected chi connectivity index (χ2v) is 11.8. The van der Waals surface area contributed by atoms with Crippen molar-refractivity contribution < 1.29 is 10.2 Å². The number of aryl methyl sites for hydroxylation is 2. The van der Waals surface area contributed by atoms with Crippen LogP contribution in [-0.4, -0.2) is 31.8 Å². The molecule has 2 N–H and O–H groups in total. The van der Waals surface area contributed by atoms with Crippen LogP contribution in [0, 0.1) is 0 Å². The predicted molar refractivity (Wildman–Crippen MR) is 193 cm³/mol. The van der Waals surface area contributed by atoms with Crippen LogP contribution in [-0.2, 0) is 13.1 Å². The van der Waals surface area contributed by atoms with Crippen molar-refractivity contribution in [1.29, 1.82) is 0 Å². The molecule has 0 aliphatic rings. The highest BCUT2D eigenvalue weighted by Crippen LogP contribution is 2.38. The summed E-state index contributed by atoms with van der Waals surface area (Å²) in [5.41, 5.74) is 7.19. The van der Waals surface area contributed by atoms with E-state index < -0.39 is 0 Å². The van der Waals surface area contributed by atoms with E-state index in [4.69, 9.17) is 9.98 Å². The van der Waals surface area contributed by atoms with Gasteiger partial charge >= 0.3 is 0 Å². The van der Waals surface area contributed by atoms with E-state index in [0.717, 1.165) is 82.4 Å². The third-order valence-corrected chi connectivity index (χ3v) is 8.93. The van der Waals surface area contributed by atoms with Crippen LogP contribution in [0.2, 0.25) is 0 Å². The molecule has 0 aliphatic carbocycles. The molecular weight excluding hydrogens is 568 g/mol. The molecule has 7 aromatic rings. The fraction of sp³-hybridized carbons (Fsp3) is 0.200. The standard InChI is InChI=1S/C40H38N4O2/c1-3-5-23-43-33-17-11-7-13-27(33)39-29(37(45)21-19-35(39)43)25-41-31-15-9-10-16-32(31)42-26-30-38(46)22-20-36-40(30)28-14-8-12-18-34(28)44(36)24-6-4-2/h7-22,25-26,45-46H,3-6,23-24H2,1-2H3. The summed E-state index contributed by atoms with van der Waals surface area (Å²) in [6, 6.07) is 31.9. The Kier molecular flexibility index (Phi) is 8.02. The number of hydrogen-bond donors (Lipinski definition) is 2. The largest absolute Gasteiger partial charge is 0.507 e. The van der Waals surface area contributed by atoms with Gasteiger partial charge in [0.25, 0.3) is 0 Å². The highest BCUT2D eigenvalue weighted by Gasteiger charge is 2.17. The van der Waals surface area contributed by atoms with E-state index in [1.807, 2.05) is 48.5 Å². The van der Waals surface area contributed by atoms with E-state index in [1.165, 1.54) is 0 Å². The molecule has 0 fully saturated rings. The lowest BCUT2D eigenvalue weighted by atomic mass is 10.1. The molecule has 0 atom stereocenters. The molecule has 0 radical (unpaired) electrons. The van der Waals surface area contributed by atoms with Gasteiger partial charge in [0.1, 0.15) is 11.5 Å². The van der Waals surface area contributed by atoms with Gasteiger partial charge in [-0.3, -0.25) is 9.98 Å². The van der Waals surface area contributed by atoms with E-state index in [1.54, 1.807) is 24.6 Å². The first-order valence-corrected chi connectivity index (χ1v) is 16.2.